The van der Waals surface area contributed by atoms with Gasteiger partial charge in [0.25, 0.3) is 0 Å². The summed E-state index contributed by atoms with van der Waals surface area (Å²) in [4.78, 5) is 26.4. The number of carbonyl (C=O) groups excluding carboxylic acids is 1. The summed E-state index contributed by atoms with van der Waals surface area (Å²) in [6, 6.07) is 8.17. The smallest absolute Gasteiger partial charge is 0.237 e. The number of nitrogens with one attached hydrogen (secondary N) is 1. The Morgan fingerprint density at radius 3 is 2.75 bits per heavy atom. The first kappa shape index (κ1) is 22.4. The van der Waals surface area contributed by atoms with Crippen molar-refractivity contribution in [2.24, 2.45) is 11.3 Å². The molecule has 0 aromatic carbocycles. The molecule has 0 radical (unpaired) electrons. The average molecular weight is 464 g/mol. The predicted octanol–water partition coefficient (Wildman–Crippen LogP) is 5.35. The number of aryl methyl sites for hydroxylation is 1. The van der Waals surface area contributed by atoms with Crippen molar-refractivity contribution in [2.75, 3.05) is 11.1 Å². The highest BCUT2D eigenvalue weighted by atomic mass is 32.2. The van der Waals surface area contributed by atoms with Crippen molar-refractivity contribution >= 4 is 35.0 Å². The van der Waals surface area contributed by atoms with Crippen molar-refractivity contribution in [3.05, 3.63) is 52.8 Å². The molecule has 0 saturated carbocycles. The van der Waals surface area contributed by atoms with Crippen LogP contribution in [0.25, 0.3) is 10.4 Å². The Balaban J connectivity index is 1.66. The topological polar surface area (TPSA) is 91.6 Å². The molecule has 0 fully saturated rings. The molecule has 8 heteroatoms. The van der Waals surface area contributed by atoms with E-state index in [-0.39, 0.29) is 23.0 Å². The fraction of sp³-hybridized carbons (Fsp3) is 0.375. The largest absolute Gasteiger partial charge is 0.294 e. The number of fused-ring (bicyclic) bond motifs is 1. The van der Waals surface area contributed by atoms with Crippen molar-refractivity contribution in [2.45, 2.75) is 45.1 Å². The number of amides is 1. The van der Waals surface area contributed by atoms with Crippen molar-refractivity contribution in [1.82, 2.24) is 15.0 Å². The quantitative estimate of drug-likeness (QED) is 0.513. The second-order valence-corrected chi connectivity index (χ2v) is 10.8. The van der Waals surface area contributed by atoms with Gasteiger partial charge in [0.2, 0.25) is 11.9 Å². The van der Waals surface area contributed by atoms with Crippen LogP contribution in [-0.4, -0.2) is 26.6 Å². The molecule has 1 atom stereocenters. The van der Waals surface area contributed by atoms with Gasteiger partial charge in [-0.15, -0.1) is 11.3 Å². The molecule has 3 heterocycles. The van der Waals surface area contributed by atoms with Gasteiger partial charge in [0.05, 0.1) is 11.3 Å². The zero-order valence-corrected chi connectivity index (χ0v) is 20.0. The molecule has 3 aromatic rings. The van der Waals surface area contributed by atoms with E-state index in [9.17, 15) is 10.1 Å². The highest BCUT2D eigenvalue weighted by Crippen LogP contribution is 2.44. The van der Waals surface area contributed by atoms with Gasteiger partial charge >= 0.3 is 0 Å². The highest BCUT2D eigenvalue weighted by molar-refractivity contribution is 8.00. The molecule has 164 valence electrons. The van der Waals surface area contributed by atoms with E-state index in [4.69, 9.17) is 4.98 Å². The third kappa shape index (κ3) is 4.84. The molecule has 1 aliphatic carbocycles. The number of pyridine rings is 1. The van der Waals surface area contributed by atoms with Crippen LogP contribution < -0.4 is 5.32 Å². The van der Waals surface area contributed by atoms with Crippen molar-refractivity contribution in [3.63, 3.8) is 0 Å². The molecule has 1 unspecified atom stereocenters. The number of nitrogens with zero attached hydrogens (tertiary/aromatic N) is 4. The van der Waals surface area contributed by atoms with Gasteiger partial charge in [0.15, 0.2) is 0 Å². The Kier molecular flexibility index (Phi) is 6.58. The second kappa shape index (κ2) is 9.39. The fourth-order valence-corrected chi connectivity index (χ4v) is 5.64. The molecule has 1 aliphatic rings. The molecule has 32 heavy (non-hydrogen) atoms. The van der Waals surface area contributed by atoms with Gasteiger partial charge in [-0.2, -0.15) is 5.26 Å². The molecule has 0 bridgehead atoms. The molecule has 4 rings (SSSR count). The Labute approximate surface area is 196 Å². The lowest BCUT2D eigenvalue weighted by Crippen LogP contribution is -2.28. The number of hydrogen-bond acceptors (Lipinski definition) is 7. The van der Waals surface area contributed by atoms with Gasteiger partial charge in [-0.1, -0.05) is 38.6 Å². The maximum absolute atomic E-state index is 12.4. The number of thiophene rings is 1. The van der Waals surface area contributed by atoms with Crippen LogP contribution in [0.15, 0.2) is 41.0 Å². The van der Waals surface area contributed by atoms with Gasteiger partial charge in [0, 0.05) is 28.5 Å². The number of hydrogen-bond donors (Lipinski definition) is 1. The minimum Gasteiger partial charge on any atom is -0.294 e. The molecule has 1 N–H and O–H groups in total. The summed E-state index contributed by atoms with van der Waals surface area (Å²) in [5, 5.41) is 15.4. The minimum absolute atomic E-state index is 0.132. The first-order valence-electron chi connectivity index (χ1n) is 10.6. The Hall–Kier alpha value is -2.76. The maximum atomic E-state index is 12.4. The predicted molar refractivity (Wildman–Crippen MR) is 129 cm³/mol. The third-order valence-corrected chi connectivity index (χ3v) is 7.65. The number of rotatable bonds is 5. The zero-order valence-electron chi connectivity index (χ0n) is 18.4. The van der Waals surface area contributed by atoms with Crippen molar-refractivity contribution in [1.29, 1.82) is 5.26 Å². The summed E-state index contributed by atoms with van der Waals surface area (Å²) < 4.78 is 0. The summed E-state index contributed by atoms with van der Waals surface area (Å²) in [6.45, 7) is 6.85. The maximum Gasteiger partial charge on any atom is 0.237 e. The average Bonchev–Trinajstić information content (AvgIpc) is 3.30. The van der Waals surface area contributed by atoms with Gasteiger partial charge in [0.1, 0.15) is 11.1 Å². The van der Waals surface area contributed by atoms with Crippen molar-refractivity contribution < 1.29 is 4.79 Å². The fourth-order valence-electron chi connectivity index (χ4n) is 4.03. The van der Waals surface area contributed by atoms with E-state index in [0.717, 1.165) is 35.4 Å². The van der Waals surface area contributed by atoms with E-state index in [1.54, 1.807) is 29.8 Å². The molecule has 0 spiro atoms. The standard InChI is InChI=1S/C24H25N5OS2/c1-24(2,3)15-7-8-18-16(12-15)21(19-6-4-11-31-19)17(13-25)22(28-18)32-14-20(30)29-23-26-9-5-10-27-23/h4-6,9-11,15H,7-8,12,14H2,1-3H3,(H,26,27,29,30). The van der Waals surface area contributed by atoms with Crippen LogP contribution in [0.3, 0.4) is 0 Å². The number of aromatic nitrogens is 3. The summed E-state index contributed by atoms with van der Waals surface area (Å²) in [5.74, 6) is 0.713. The Bertz CT molecular complexity index is 1150. The summed E-state index contributed by atoms with van der Waals surface area (Å²) in [5.41, 5.74) is 4.01. The molecule has 3 aromatic heterocycles. The molecule has 0 saturated heterocycles. The van der Waals surface area contributed by atoms with Gasteiger partial charge in [-0.05, 0) is 53.7 Å². The summed E-state index contributed by atoms with van der Waals surface area (Å²) in [6.07, 6.45) is 6.04. The number of nitriles is 1. The third-order valence-electron chi connectivity index (χ3n) is 5.79. The van der Waals surface area contributed by atoms with E-state index in [0.29, 0.717) is 16.5 Å². The minimum atomic E-state index is -0.227. The van der Waals surface area contributed by atoms with Crippen LogP contribution in [-0.2, 0) is 17.6 Å². The van der Waals surface area contributed by atoms with E-state index >= 15 is 0 Å². The van der Waals surface area contributed by atoms with Crippen molar-refractivity contribution in [3.8, 4) is 16.5 Å². The lowest BCUT2D eigenvalue weighted by atomic mass is 9.70. The SMILES string of the molecule is CC(C)(C)C1CCc2nc(SCC(=O)Nc3ncccn3)c(C#N)c(-c3cccs3)c2C1. The van der Waals surface area contributed by atoms with Crippen LogP contribution in [0.5, 0.6) is 0 Å². The first-order valence-corrected chi connectivity index (χ1v) is 12.4. The monoisotopic (exact) mass is 463 g/mol. The molecular formula is C24H25N5OS2. The number of anilines is 1. The van der Waals surface area contributed by atoms with Gasteiger partial charge in [-0.3, -0.25) is 10.1 Å². The van der Waals surface area contributed by atoms with Gasteiger partial charge in [-0.25, -0.2) is 15.0 Å². The molecule has 6 nitrogen and oxygen atoms in total. The second-order valence-electron chi connectivity index (χ2n) is 8.90. The summed E-state index contributed by atoms with van der Waals surface area (Å²) in [7, 11) is 0. The zero-order chi connectivity index (χ0) is 22.7. The van der Waals surface area contributed by atoms with Crippen LogP contribution in [0.2, 0.25) is 0 Å². The summed E-state index contributed by atoms with van der Waals surface area (Å²) >= 11 is 2.93. The Morgan fingerprint density at radius 1 is 1.31 bits per heavy atom. The molecular weight excluding hydrogens is 438 g/mol. The Morgan fingerprint density at radius 2 is 2.09 bits per heavy atom. The van der Waals surface area contributed by atoms with Gasteiger partial charge < -0.3 is 0 Å². The van der Waals surface area contributed by atoms with Crippen LogP contribution >= 0.6 is 23.1 Å². The van der Waals surface area contributed by atoms with E-state index in [1.807, 2.05) is 11.4 Å². The number of thioether (sulfide) groups is 1. The lowest BCUT2D eigenvalue weighted by Gasteiger charge is -2.35. The number of carbonyl (C=O) groups is 1. The molecule has 0 aliphatic heterocycles. The van der Waals surface area contributed by atoms with E-state index < -0.39 is 0 Å². The van der Waals surface area contributed by atoms with E-state index in [1.165, 1.54) is 17.3 Å². The highest BCUT2D eigenvalue weighted by Gasteiger charge is 2.33. The van der Waals surface area contributed by atoms with Crippen LogP contribution in [0.4, 0.5) is 5.95 Å². The normalized spacial score (nSPS) is 15.6. The molecule has 1 amide bonds. The first-order chi connectivity index (χ1) is 15.4. The van der Waals surface area contributed by atoms with Crippen LogP contribution in [0, 0.1) is 22.7 Å². The lowest BCUT2D eigenvalue weighted by molar-refractivity contribution is -0.113. The van der Waals surface area contributed by atoms with E-state index in [2.05, 4.69) is 48.2 Å². The van der Waals surface area contributed by atoms with Crippen LogP contribution in [0.1, 0.15) is 44.0 Å².